The predicted molar refractivity (Wildman–Crippen MR) is 141 cm³/mol. The highest BCUT2D eigenvalue weighted by Gasteiger charge is 2.45. The highest BCUT2D eigenvalue weighted by atomic mass is 35.5. The molecule has 36 heavy (non-hydrogen) atoms. The van der Waals surface area contributed by atoms with Crippen LogP contribution in [0.25, 0.3) is 0 Å². The molecule has 4 unspecified atom stereocenters. The van der Waals surface area contributed by atoms with Gasteiger partial charge in [-0.1, -0.05) is 80.3 Å². The van der Waals surface area contributed by atoms with Crippen molar-refractivity contribution in [2.75, 3.05) is 13.1 Å². The number of nitrogens with one attached hydrogen (secondary N) is 1. The van der Waals surface area contributed by atoms with Gasteiger partial charge in [-0.2, -0.15) is 0 Å². The van der Waals surface area contributed by atoms with E-state index >= 15 is 0 Å². The van der Waals surface area contributed by atoms with Crippen LogP contribution in [0, 0.1) is 11.8 Å². The Bertz CT molecular complexity index is 1100. The molecule has 1 saturated heterocycles. The van der Waals surface area contributed by atoms with Gasteiger partial charge in [0.25, 0.3) is 0 Å². The Morgan fingerprint density at radius 2 is 1.83 bits per heavy atom. The van der Waals surface area contributed by atoms with Gasteiger partial charge in [0.2, 0.25) is 5.89 Å². The van der Waals surface area contributed by atoms with Crippen LogP contribution in [-0.4, -0.2) is 29.3 Å². The van der Waals surface area contributed by atoms with E-state index in [1.807, 2.05) is 60.8 Å². The summed E-state index contributed by atoms with van der Waals surface area (Å²) in [6.07, 6.45) is 8.54. The second kappa shape index (κ2) is 11.5. The van der Waals surface area contributed by atoms with Crippen LogP contribution in [0.2, 0.25) is 5.02 Å². The Balaban J connectivity index is 1.27. The van der Waals surface area contributed by atoms with Crippen molar-refractivity contribution < 1.29 is 19.2 Å². The number of benzene rings is 2. The van der Waals surface area contributed by atoms with Gasteiger partial charge in [-0.3, -0.25) is 0 Å². The van der Waals surface area contributed by atoms with E-state index < -0.39 is 5.60 Å². The van der Waals surface area contributed by atoms with Gasteiger partial charge in [0, 0.05) is 17.4 Å². The van der Waals surface area contributed by atoms with Crippen LogP contribution >= 0.6 is 11.6 Å². The average Bonchev–Trinajstić information content (AvgIpc) is 3.62. The lowest BCUT2D eigenvalue weighted by Gasteiger charge is -2.35. The zero-order chi connectivity index (χ0) is 25.0. The number of oxazole rings is 1. The summed E-state index contributed by atoms with van der Waals surface area (Å²) >= 11 is 6.03. The minimum atomic E-state index is -1.18. The molecule has 0 bridgehead atoms. The molecule has 1 aliphatic carbocycles. The van der Waals surface area contributed by atoms with Crippen LogP contribution < -0.4 is 4.90 Å². The van der Waals surface area contributed by atoms with Crippen LogP contribution in [0.1, 0.15) is 68.2 Å². The van der Waals surface area contributed by atoms with Crippen LogP contribution in [0.15, 0.2) is 65.2 Å². The van der Waals surface area contributed by atoms with Crippen molar-refractivity contribution in [1.82, 2.24) is 4.98 Å². The summed E-state index contributed by atoms with van der Waals surface area (Å²) in [5.41, 5.74) is 0.843. The maximum atomic E-state index is 12.0. The quantitative estimate of drug-likeness (QED) is 0.418. The van der Waals surface area contributed by atoms with E-state index in [1.165, 1.54) is 4.90 Å². The summed E-state index contributed by atoms with van der Waals surface area (Å²) in [5, 5.41) is 12.7. The van der Waals surface area contributed by atoms with Crippen molar-refractivity contribution in [3.8, 4) is 0 Å². The fourth-order valence-corrected chi connectivity index (χ4v) is 6.24. The molecular weight excluding hydrogens is 472 g/mol. The van der Waals surface area contributed by atoms with E-state index in [0.29, 0.717) is 18.4 Å². The first-order valence-electron chi connectivity index (χ1n) is 13.5. The summed E-state index contributed by atoms with van der Waals surface area (Å²) in [7, 11) is 0. The first-order chi connectivity index (χ1) is 17.6. The molecule has 1 aliphatic heterocycles. The number of likely N-dealkylation sites (tertiary alicyclic amines) is 1. The topological polar surface area (TPSA) is 59.9 Å². The lowest BCUT2D eigenvalue weighted by Crippen LogP contribution is -3.13. The average molecular weight is 510 g/mol. The minimum absolute atomic E-state index is 0.129. The van der Waals surface area contributed by atoms with E-state index in [0.717, 1.165) is 80.1 Å². The molecule has 3 aromatic rings. The van der Waals surface area contributed by atoms with Gasteiger partial charge in [0.1, 0.15) is 19.2 Å². The van der Waals surface area contributed by atoms with E-state index in [-0.39, 0.29) is 12.0 Å². The Morgan fingerprint density at radius 1 is 1.08 bits per heavy atom. The van der Waals surface area contributed by atoms with Crippen molar-refractivity contribution in [2.24, 2.45) is 11.8 Å². The maximum absolute atomic E-state index is 12.0. The third-order valence-electron chi connectivity index (χ3n) is 8.25. The van der Waals surface area contributed by atoms with Crippen molar-refractivity contribution in [1.29, 1.82) is 0 Å². The number of piperidine rings is 1. The van der Waals surface area contributed by atoms with Crippen molar-refractivity contribution in [2.45, 2.75) is 70.3 Å². The van der Waals surface area contributed by atoms with Crippen molar-refractivity contribution in [3.63, 3.8) is 0 Å². The second-order valence-electron chi connectivity index (χ2n) is 10.6. The highest BCUT2D eigenvalue weighted by molar-refractivity contribution is 6.30. The molecule has 0 radical (unpaired) electrons. The molecule has 1 saturated carbocycles. The van der Waals surface area contributed by atoms with Gasteiger partial charge >= 0.3 is 0 Å². The summed E-state index contributed by atoms with van der Waals surface area (Å²) in [6.45, 7) is 5.63. The zero-order valence-electron chi connectivity index (χ0n) is 21.2. The Kier molecular flexibility index (Phi) is 8.12. The Hall–Kier alpha value is -2.18. The smallest absolute Gasteiger partial charge is 0.231 e. The Labute approximate surface area is 219 Å². The molecule has 4 atom stereocenters. The molecule has 2 N–H and O–H groups in total. The molecule has 192 valence electrons. The van der Waals surface area contributed by atoms with Crippen molar-refractivity contribution in [3.05, 3.63) is 88.6 Å². The molecule has 2 aliphatic rings. The number of aromatic nitrogens is 1. The highest BCUT2D eigenvalue weighted by Crippen LogP contribution is 2.44. The first kappa shape index (κ1) is 25.5. The van der Waals surface area contributed by atoms with Crippen LogP contribution in [0.5, 0.6) is 0 Å². The second-order valence-corrected chi connectivity index (χ2v) is 11.0. The van der Waals surface area contributed by atoms with Crippen LogP contribution in [-0.2, 0) is 23.5 Å². The SMILES string of the molecule is CCC1CC[NH+](Cc2cnc(C(O)(c3ccccc3)C3CCCC3)o2)CC1OCc1ccc(Cl)cc1. The van der Waals surface area contributed by atoms with Gasteiger partial charge in [0.15, 0.2) is 11.4 Å². The molecule has 6 heteroatoms. The molecule has 2 aromatic carbocycles. The lowest BCUT2D eigenvalue weighted by atomic mass is 9.80. The van der Waals surface area contributed by atoms with Gasteiger partial charge in [-0.05, 0) is 42.0 Å². The molecule has 0 amide bonds. The lowest BCUT2D eigenvalue weighted by molar-refractivity contribution is -0.924. The third-order valence-corrected chi connectivity index (χ3v) is 8.50. The van der Waals surface area contributed by atoms with Crippen molar-refractivity contribution >= 4 is 11.6 Å². The normalized spacial score (nSPS) is 24.6. The predicted octanol–water partition coefficient (Wildman–Crippen LogP) is 5.15. The number of quaternary nitrogens is 1. The summed E-state index contributed by atoms with van der Waals surface area (Å²) in [6, 6.07) is 17.8. The number of rotatable bonds is 9. The number of hydrogen-bond donors (Lipinski definition) is 2. The minimum Gasteiger partial charge on any atom is -0.436 e. The number of halogens is 1. The van der Waals surface area contributed by atoms with E-state index in [4.69, 9.17) is 20.8 Å². The van der Waals surface area contributed by atoms with Gasteiger partial charge in [-0.25, -0.2) is 4.98 Å². The zero-order valence-corrected chi connectivity index (χ0v) is 21.9. The van der Waals surface area contributed by atoms with E-state index in [2.05, 4.69) is 11.9 Å². The van der Waals surface area contributed by atoms with Crippen LogP contribution in [0.4, 0.5) is 0 Å². The largest absolute Gasteiger partial charge is 0.436 e. The Morgan fingerprint density at radius 3 is 2.56 bits per heavy atom. The molecule has 2 fully saturated rings. The number of hydrogen-bond acceptors (Lipinski definition) is 4. The molecule has 5 rings (SSSR count). The number of ether oxygens (including phenoxy) is 1. The van der Waals surface area contributed by atoms with E-state index in [1.54, 1.807) is 0 Å². The van der Waals surface area contributed by atoms with E-state index in [9.17, 15) is 5.11 Å². The molecule has 5 nitrogen and oxygen atoms in total. The third kappa shape index (κ3) is 5.55. The van der Waals surface area contributed by atoms with Crippen LogP contribution in [0.3, 0.4) is 0 Å². The van der Waals surface area contributed by atoms with Gasteiger partial charge in [-0.15, -0.1) is 0 Å². The maximum Gasteiger partial charge on any atom is 0.231 e. The van der Waals surface area contributed by atoms with Gasteiger partial charge in [0.05, 0.1) is 19.3 Å². The standard InChI is InChI=1S/C30H37ClN2O3/c1-2-23-16-17-33(20-28(23)35-21-22-12-14-26(31)15-13-22)19-27-18-32-29(36-27)30(34,25-10-6-7-11-25)24-8-4-3-5-9-24/h3-5,8-9,12-15,18,23,25,28,34H,2,6-7,10-11,16-17,19-21H2,1H3/p+1. The number of aliphatic hydroxyl groups is 1. The fraction of sp³-hybridized carbons (Fsp3) is 0.500. The number of nitrogens with zero attached hydrogens (tertiary/aromatic N) is 1. The summed E-state index contributed by atoms with van der Waals surface area (Å²) in [4.78, 5) is 6.07. The molecule has 1 aromatic heterocycles. The molecule has 0 spiro atoms. The molecule has 2 heterocycles. The fourth-order valence-electron chi connectivity index (χ4n) is 6.12. The summed E-state index contributed by atoms with van der Waals surface area (Å²) < 4.78 is 12.7. The van der Waals surface area contributed by atoms with Gasteiger partial charge < -0.3 is 19.2 Å². The first-order valence-corrected chi connectivity index (χ1v) is 13.9. The monoisotopic (exact) mass is 509 g/mol. The molecular formula is C30H38ClN2O3+. The summed E-state index contributed by atoms with van der Waals surface area (Å²) in [5.74, 6) is 1.97.